The molecule has 156 valence electrons. The molecule has 0 spiro atoms. The number of carboxylic acid groups (broad SMARTS) is 4. The molecule has 0 bridgehead atoms. The lowest BCUT2D eigenvalue weighted by Crippen LogP contribution is -2.43. The number of carboxylic acids is 4. The van der Waals surface area contributed by atoms with Crippen molar-refractivity contribution in [3.63, 3.8) is 0 Å². The second-order valence-electron chi connectivity index (χ2n) is 6.39. The Morgan fingerprint density at radius 3 is 1.45 bits per heavy atom. The molecule has 29 heavy (non-hydrogen) atoms. The first-order valence-electron chi connectivity index (χ1n) is 8.53. The quantitative estimate of drug-likeness (QED) is 0.339. The van der Waals surface area contributed by atoms with Gasteiger partial charge < -0.3 is 20.4 Å². The minimum Gasteiger partial charge on any atom is -0.481 e. The van der Waals surface area contributed by atoms with E-state index in [4.69, 9.17) is 10.2 Å². The Labute approximate surface area is 164 Å². The van der Waals surface area contributed by atoms with E-state index < -0.39 is 66.0 Å². The maximum Gasteiger partial charge on any atom is 0.314 e. The molecule has 10 nitrogen and oxygen atoms in total. The number of hydrogen-bond donors (Lipinski definition) is 4. The molecule has 10 heteroatoms. The molecule has 0 aliphatic heterocycles. The lowest BCUT2D eigenvalue weighted by molar-refractivity contribution is -0.156. The second kappa shape index (κ2) is 10.7. The second-order valence-corrected chi connectivity index (χ2v) is 6.39. The lowest BCUT2D eigenvalue weighted by Gasteiger charge is -2.27. The minimum absolute atomic E-state index is 0.0970. The molecule has 2 atom stereocenters. The fourth-order valence-electron chi connectivity index (χ4n) is 3.14. The van der Waals surface area contributed by atoms with Gasteiger partial charge in [-0.1, -0.05) is 30.3 Å². The first kappa shape index (κ1) is 23.5. The van der Waals surface area contributed by atoms with Crippen molar-refractivity contribution >= 4 is 35.4 Å². The fraction of sp³-hybridized carbons (Fsp3) is 0.368. The van der Waals surface area contributed by atoms with E-state index >= 15 is 0 Å². The van der Waals surface area contributed by atoms with Gasteiger partial charge in [-0.3, -0.25) is 28.8 Å². The number of rotatable bonds is 13. The van der Waals surface area contributed by atoms with Crippen molar-refractivity contribution in [3.05, 3.63) is 35.9 Å². The summed E-state index contributed by atoms with van der Waals surface area (Å²) in [6.07, 6.45) is -2.50. The van der Waals surface area contributed by atoms with Gasteiger partial charge in [0, 0.05) is 0 Å². The lowest BCUT2D eigenvalue weighted by atomic mass is 9.73. The van der Waals surface area contributed by atoms with Gasteiger partial charge in [-0.15, -0.1) is 0 Å². The Kier molecular flexibility index (Phi) is 8.66. The van der Waals surface area contributed by atoms with Crippen LogP contribution in [0.15, 0.2) is 30.3 Å². The molecule has 1 rings (SSSR count). The Bertz CT molecular complexity index is 752. The average Bonchev–Trinajstić information content (AvgIpc) is 2.58. The summed E-state index contributed by atoms with van der Waals surface area (Å²) in [4.78, 5) is 69.6. The van der Waals surface area contributed by atoms with Crippen molar-refractivity contribution in [2.45, 2.75) is 25.7 Å². The molecule has 0 aromatic heterocycles. The van der Waals surface area contributed by atoms with Crippen molar-refractivity contribution in [2.24, 2.45) is 17.8 Å². The molecular formula is C19H20O10. The minimum atomic E-state index is -2.09. The zero-order valence-electron chi connectivity index (χ0n) is 15.2. The van der Waals surface area contributed by atoms with Crippen LogP contribution in [0, 0.1) is 17.8 Å². The topological polar surface area (TPSA) is 183 Å². The molecule has 0 radical (unpaired) electrons. The highest BCUT2D eigenvalue weighted by atomic mass is 16.4. The van der Waals surface area contributed by atoms with Gasteiger partial charge in [0.05, 0.1) is 0 Å². The molecule has 4 N–H and O–H groups in total. The number of hydrogen-bond acceptors (Lipinski definition) is 6. The normalized spacial score (nSPS) is 12.7. The summed E-state index contributed by atoms with van der Waals surface area (Å²) in [6, 6.07) is 8.41. The van der Waals surface area contributed by atoms with Crippen LogP contribution in [0.5, 0.6) is 0 Å². The predicted octanol–water partition coefficient (Wildman–Crippen LogP) is 0.725. The van der Waals surface area contributed by atoms with E-state index in [2.05, 4.69) is 0 Å². The third-order valence-electron chi connectivity index (χ3n) is 4.34. The molecule has 0 aliphatic rings. The molecular weight excluding hydrogens is 388 g/mol. The number of benzene rings is 1. The van der Waals surface area contributed by atoms with Crippen LogP contribution in [0.4, 0.5) is 0 Å². The first-order chi connectivity index (χ1) is 13.5. The van der Waals surface area contributed by atoms with E-state index in [-0.39, 0.29) is 12.8 Å². The molecule has 1 aromatic rings. The van der Waals surface area contributed by atoms with Gasteiger partial charge in [0.1, 0.15) is 24.7 Å². The number of carbonyl (C=O) groups excluding carboxylic acids is 2. The van der Waals surface area contributed by atoms with Crippen LogP contribution in [-0.2, 0) is 35.2 Å². The van der Waals surface area contributed by atoms with Gasteiger partial charge in [-0.05, 0) is 24.3 Å². The van der Waals surface area contributed by atoms with Crippen molar-refractivity contribution in [1.82, 2.24) is 0 Å². The Balaban J connectivity index is 3.35. The van der Waals surface area contributed by atoms with Crippen molar-refractivity contribution in [1.29, 1.82) is 0 Å². The molecule has 1 aromatic carbocycles. The largest absolute Gasteiger partial charge is 0.481 e. The highest BCUT2D eigenvalue weighted by molar-refractivity contribution is 6.09. The van der Waals surface area contributed by atoms with E-state index in [1.54, 1.807) is 30.3 Å². The molecule has 0 unspecified atom stereocenters. The van der Waals surface area contributed by atoms with Crippen molar-refractivity contribution < 1.29 is 49.2 Å². The summed E-state index contributed by atoms with van der Waals surface area (Å²) < 4.78 is 0. The van der Waals surface area contributed by atoms with Gasteiger partial charge in [0.2, 0.25) is 0 Å². The van der Waals surface area contributed by atoms with E-state index in [0.717, 1.165) is 0 Å². The highest BCUT2D eigenvalue weighted by Crippen LogP contribution is 2.31. The number of Topliss-reactive ketones (excluding diaryl/α,β-unsaturated/α-hetero) is 2. The SMILES string of the molecule is O=C(O)CC(=O)[C@H](C(=O)O)C(CCc1ccccc1)[C@@H](C(=O)O)C(=O)CC(=O)O. The summed E-state index contributed by atoms with van der Waals surface area (Å²) in [5.41, 5.74) is 0.669. The van der Waals surface area contributed by atoms with Gasteiger partial charge in [0.25, 0.3) is 0 Å². The predicted molar refractivity (Wildman–Crippen MR) is 95.0 cm³/mol. The van der Waals surface area contributed by atoms with Crippen LogP contribution >= 0.6 is 0 Å². The van der Waals surface area contributed by atoms with Gasteiger partial charge in [0.15, 0.2) is 11.6 Å². The van der Waals surface area contributed by atoms with Crippen LogP contribution in [0.25, 0.3) is 0 Å². The van der Waals surface area contributed by atoms with Gasteiger partial charge in [-0.2, -0.15) is 0 Å². The molecule has 0 aliphatic carbocycles. The van der Waals surface area contributed by atoms with Crippen LogP contribution in [0.3, 0.4) is 0 Å². The number of aliphatic carboxylic acids is 4. The number of aryl methyl sites for hydroxylation is 1. The van der Waals surface area contributed by atoms with Crippen LogP contribution in [0.2, 0.25) is 0 Å². The Morgan fingerprint density at radius 1 is 0.690 bits per heavy atom. The monoisotopic (exact) mass is 408 g/mol. The van der Waals surface area contributed by atoms with Crippen LogP contribution < -0.4 is 0 Å². The maximum absolute atomic E-state index is 12.2. The Morgan fingerprint density at radius 2 is 1.10 bits per heavy atom. The summed E-state index contributed by atoms with van der Waals surface area (Å²) in [5.74, 6) is -15.1. The van der Waals surface area contributed by atoms with E-state index in [1.807, 2.05) is 0 Å². The standard InChI is InChI=1S/C19H20O10/c20-12(8-14(22)23)16(18(26)27)11(7-6-10-4-2-1-3-5-10)17(19(28)29)13(21)9-15(24)25/h1-5,11,16-17H,6-9H2,(H,22,23)(H,24,25)(H,26,27)(H,28,29)/t16-,17-/m1/s1. The maximum atomic E-state index is 12.2. The molecule has 0 saturated heterocycles. The van der Waals surface area contributed by atoms with Gasteiger partial charge >= 0.3 is 23.9 Å². The summed E-state index contributed by atoms with van der Waals surface area (Å²) >= 11 is 0. The first-order valence-corrected chi connectivity index (χ1v) is 8.53. The summed E-state index contributed by atoms with van der Waals surface area (Å²) in [5, 5.41) is 36.6. The summed E-state index contributed by atoms with van der Waals surface area (Å²) in [6.45, 7) is 0. The van der Waals surface area contributed by atoms with E-state index in [1.165, 1.54) is 0 Å². The molecule has 0 heterocycles. The van der Waals surface area contributed by atoms with Crippen LogP contribution in [0.1, 0.15) is 24.8 Å². The van der Waals surface area contributed by atoms with Crippen molar-refractivity contribution in [3.8, 4) is 0 Å². The highest BCUT2D eigenvalue weighted by Gasteiger charge is 2.45. The smallest absolute Gasteiger partial charge is 0.314 e. The van der Waals surface area contributed by atoms with E-state index in [0.29, 0.717) is 5.56 Å². The van der Waals surface area contributed by atoms with Gasteiger partial charge in [-0.25, -0.2) is 0 Å². The summed E-state index contributed by atoms with van der Waals surface area (Å²) in [7, 11) is 0. The molecule has 0 amide bonds. The zero-order chi connectivity index (χ0) is 22.1. The zero-order valence-corrected chi connectivity index (χ0v) is 15.2. The third kappa shape index (κ3) is 7.17. The fourth-order valence-corrected chi connectivity index (χ4v) is 3.14. The number of carbonyl (C=O) groups is 6. The van der Waals surface area contributed by atoms with Crippen LogP contribution in [-0.4, -0.2) is 55.9 Å². The third-order valence-corrected chi connectivity index (χ3v) is 4.34. The average molecular weight is 408 g/mol. The molecule has 0 saturated carbocycles. The van der Waals surface area contributed by atoms with E-state index in [9.17, 15) is 39.0 Å². The molecule has 0 fully saturated rings. The Hall–Kier alpha value is -3.56. The van der Waals surface area contributed by atoms with Crippen molar-refractivity contribution in [2.75, 3.05) is 0 Å². The number of ketones is 2.